The minimum atomic E-state index is 0.266. The Bertz CT molecular complexity index is 310. The fourth-order valence-corrected chi connectivity index (χ4v) is 1.09. The van der Waals surface area contributed by atoms with E-state index in [0.29, 0.717) is 12.4 Å². The predicted octanol–water partition coefficient (Wildman–Crippen LogP) is 2.00. The van der Waals surface area contributed by atoms with Crippen LogP contribution in [-0.4, -0.2) is 16.0 Å². The molecule has 0 saturated carbocycles. The van der Waals surface area contributed by atoms with Crippen molar-refractivity contribution in [1.29, 1.82) is 0 Å². The Labute approximate surface area is 85.0 Å². The van der Waals surface area contributed by atoms with E-state index in [-0.39, 0.29) is 6.04 Å². The van der Waals surface area contributed by atoms with Gasteiger partial charge in [-0.1, -0.05) is 6.92 Å². The molecule has 3 heteroatoms. The third-order valence-corrected chi connectivity index (χ3v) is 1.97. The zero-order valence-electron chi connectivity index (χ0n) is 8.62. The highest BCUT2D eigenvalue weighted by Crippen LogP contribution is 2.05. The monoisotopic (exact) mass is 189 g/mol. The third kappa shape index (κ3) is 3.06. The first-order valence-electron chi connectivity index (χ1n) is 4.75. The summed E-state index contributed by atoms with van der Waals surface area (Å²) < 4.78 is 0. The van der Waals surface area contributed by atoms with Crippen molar-refractivity contribution in [3.8, 4) is 12.3 Å². The van der Waals surface area contributed by atoms with Gasteiger partial charge in [-0.2, -0.15) is 0 Å². The summed E-state index contributed by atoms with van der Waals surface area (Å²) in [5, 5.41) is 3.19. The van der Waals surface area contributed by atoms with E-state index in [4.69, 9.17) is 6.42 Å². The van der Waals surface area contributed by atoms with Gasteiger partial charge in [0.05, 0.1) is 0 Å². The molecule has 1 atom stereocenters. The molecule has 1 aromatic rings. The second kappa shape index (κ2) is 5.23. The fraction of sp³-hybridized carbons (Fsp3) is 0.455. The average Bonchev–Trinajstić information content (AvgIpc) is 2.20. The lowest BCUT2D eigenvalue weighted by Crippen LogP contribution is -2.19. The van der Waals surface area contributed by atoms with Gasteiger partial charge in [0.15, 0.2) is 0 Å². The van der Waals surface area contributed by atoms with Crippen LogP contribution >= 0.6 is 0 Å². The van der Waals surface area contributed by atoms with Crippen molar-refractivity contribution >= 4 is 5.95 Å². The van der Waals surface area contributed by atoms with Gasteiger partial charge >= 0.3 is 0 Å². The van der Waals surface area contributed by atoms with Crippen LogP contribution in [0, 0.1) is 19.3 Å². The summed E-state index contributed by atoms with van der Waals surface area (Å²) in [6.07, 6.45) is 10.5. The highest BCUT2D eigenvalue weighted by atomic mass is 15.1. The number of aromatic nitrogens is 2. The lowest BCUT2D eigenvalue weighted by Gasteiger charge is -2.13. The second-order valence-corrected chi connectivity index (χ2v) is 3.24. The molecule has 0 aliphatic rings. The van der Waals surface area contributed by atoms with Crippen LogP contribution in [0.1, 0.15) is 25.3 Å². The summed E-state index contributed by atoms with van der Waals surface area (Å²) in [5.41, 5.74) is 1.06. The molecule has 14 heavy (non-hydrogen) atoms. The number of terminal acetylenes is 1. The smallest absolute Gasteiger partial charge is 0.222 e. The van der Waals surface area contributed by atoms with Crippen LogP contribution in [0.5, 0.6) is 0 Å². The van der Waals surface area contributed by atoms with E-state index in [9.17, 15) is 0 Å². The standard InChI is InChI=1S/C11H15N3/c1-4-6-10(5-2)14-11-12-7-9(3)8-13-11/h1,7-8,10H,5-6H2,2-3H3,(H,12,13,14). The van der Waals surface area contributed by atoms with Gasteiger partial charge in [-0.25, -0.2) is 9.97 Å². The summed E-state index contributed by atoms with van der Waals surface area (Å²) in [4.78, 5) is 8.31. The molecular weight excluding hydrogens is 174 g/mol. The maximum absolute atomic E-state index is 5.25. The highest BCUT2D eigenvalue weighted by molar-refractivity contribution is 5.26. The Morgan fingerprint density at radius 3 is 2.64 bits per heavy atom. The van der Waals surface area contributed by atoms with E-state index in [0.717, 1.165) is 12.0 Å². The van der Waals surface area contributed by atoms with Gasteiger partial charge in [-0.3, -0.25) is 0 Å². The maximum atomic E-state index is 5.25. The molecule has 1 N–H and O–H groups in total. The molecule has 0 bridgehead atoms. The van der Waals surface area contributed by atoms with Crippen LogP contribution in [0.3, 0.4) is 0 Å². The normalized spacial score (nSPS) is 11.8. The molecule has 0 amide bonds. The Balaban J connectivity index is 2.59. The predicted molar refractivity (Wildman–Crippen MR) is 57.9 cm³/mol. The lowest BCUT2D eigenvalue weighted by atomic mass is 10.2. The van der Waals surface area contributed by atoms with E-state index in [1.807, 2.05) is 6.92 Å². The highest BCUT2D eigenvalue weighted by Gasteiger charge is 2.05. The van der Waals surface area contributed by atoms with E-state index in [2.05, 4.69) is 28.1 Å². The average molecular weight is 189 g/mol. The van der Waals surface area contributed by atoms with Gasteiger partial charge in [0.2, 0.25) is 5.95 Å². The molecule has 0 radical (unpaired) electrons. The quantitative estimate of drug-likeness (QED) is 0.736. The second-order valence-electron chi connectivity index (χ2n) is 3.24. The van der Waals surface area contributed by atoms with Crippen molar-refractivity contribution in [1.82, 2.24) is 9.97 Å². The fourth-order valence-electron chi connectivity index (χ4n) is 1.09. The maximum Gasteiger partial charge on any atom is 0.222 e. The third-order valence-electron chi connectivity index (χ3n) is 1.97. The summed E-state index contributed by atoms with van der Waals surface area (Å²) in [6, 6.07) is 0.266. The van der Waals surface area contributed by atoms with Crippen molar-refractivity contribution in [2.75, 3.05) is 5.32 Å². The number of aryl methyl sites for hydroxylation is 1. The topological polar surface area (TPSA) is 37.8 Å². The molecule has 74 valence electrons. The lowest BCUT2D eigenvalue weighted by molar-refractivity contribution is 0.706. The number of rotatable bonds is 4. The summed E-state index contributed by atoms with van der Waals surface area (Å²) >= 11 is 0. The van der Waals surface area contributed by atoms with E-state index in [1.165, 1.54) is 0 Å². The molecule has 1 unspecified atom stereocenters. The van der Waals surface area contributed by atoms with Crippen LogP contribution in [-0.2, 0) is 0 Å². The molecule has 1 heterocycles. The Hall–Kier alpha value is -1.56. The van der Waals surface area contributed by atoms with Crippen LogP contribution in [0.15, 0.2) is 12.4 Å². The SMILES string of the molecule is C#CCC(CC)Nc1ncc(C)cn1. The van der Waals surface area contributed by atoms with Gasteiger partial charge in [0, 0.05) is 24.9 Å². The van der Waals surface area contributed by atoms with Gasteiger partial charge in [0.25, 0.3) is 0 Å². The molecule has 0 fully saturated rings. The number of hydrogen-bond acceptors (Lipinski definition) is 3. The van der Waals surface area contributed by atoms with Crippen LogP contribution in [0.25, 0.3) is 0 Å². The van der Waals surface area contributed by atoms with E-state index >= 15 is 0 Å². The van der Waals surface area contributed by atoms with Crippen LogP contribution in [0.4, 0.5) is 5.95 Å². The molecule has 0 aliphatic heterocycles. The molecule has 0 spiro atoms. The van der Waals surface area contributed by atoms with E-state index < -0.39 is 0 Å². The van der Waals surface area contributed by atoms with Crippen LogP contribution in [0.2, 0.25) is 0 Å². The number of anilines is 1. The Kier molecular flexibility index (Phi) is 3.93. The summed E-state index contributed by atoms with van der Waals surface area (Å²) in [7, 11) is 0. The largest absolute Gasteiger partial charge is 0.351 e. The molecule has 1 aromatic heterocycles. The first kappa shape index (κ1) is 10.5. The van der Waals surface area contributed by atoms with Crippen molar-refractivity contribution < 1.29 is 0 Å². The van der Waals surface area contributed by atoms with Gasteiger partial charge < -0.3 is 5.32 Å². The minimum absolute atomic E-state index is 0.266. The summed E-state index contributed by atoms with van der Waals surface area (Å²) in [6.45, 7) is 4.05. The molecule has 1 rings (SSSR count). The number of nitrogens with zero attached hydrogens (tertiary/aromatic N) is 2. The van der Waals surface area contributed by atoms with Crippen molar-refractivity contribution in [2.45, 2.75) is 32.7 Å². The molecular formula is C11H15N3. The first-order valence-corrected chi connectivity index (χ1v) is 4.75. The molecule has 0 saturated heterocycles. The molecule has 3 nitrogen and oxygen atoms in total. The molecule has 0 aromatic carbocycles. The van der Waals surface area contributed by atoms with Gasteiger partial charge in [-0.15, -0.1) is 12.3 Å². The van der Waals surface area contributed by atoms with Crippen molar-refractivity contribution in [2.24, 2.45) is 0 Å². The zero-order chi connectivity index (χ0) is 10.4. The van der Waals surface area contributed by atoms with Crippen LogP contribution < -0.4 is 5.32 Å². The van der Waals surface area contributed by atoms with Gasteiger partial charge in [0.1, 0.15) is 0 Å². The minimum Gasteiger partial charge on any atom is -0.351 e. The van der Waals surface area contributed by atoms with E-state index in [1.54, 1.807) is 12.4 Å². The zero-order valence-corrected chi connectivity index (χ0v) is 8.62. The summed E-state index contributed by atoms with van der Waals surface area (Å²) in [5.74, 6) is 3.28. The Morgan fingerprint density at radius 1 is 1.50 bits per heavy atom. The number of nitrogens with one attached hydrogen (secondary N) is 1. The van der Waals surface area contributed by atoms with Crippen molar-refractivity contribution in [3.05, 3.63) is 18.0 Å². The molecule has 0 aliphatic carbocycles. The Morgan fingerprint density at radius 2 is 2.14 bits per heavy atom. The van der Waals surface area contributed by atoms with Crippen molar-refractivity contribution in [3.63, 3.8) is 0 Å². The first-order chi connectivity index (χ1) is 6.76. The number of hydrogen-bond donors (Lipinski definition) is 1. The van der Waals surface area contributed by atoms with Gasteiger partial charge in [-0.05, 0) is 18.9 Å².